The van der Waals surface area contributed by atoms with Crippen molar-refractivity contribution in [1.82, 2.24) is 0 Å². The second kappa shape index (κ2) is 5.33. The Labute approximate surface area is 116 Å². The van der Waals surface area contributed by atoms with E-state index in [2.05, 4.69) is 5.32 Å². The highest BCUT2D eigenvalue weighted by Crippen LogP contribution is 2.23. The molecule has 0 atom stereocenters. The van der Waals surface area contributed by atoms with Crippen LogP contribution in [0.4, 0.5) is 5.69 Å². The summed E-state index contributed by atoms with van der Waals surface area (Å²) in [5.41, 5.74) is 2.56. The number of phenolic OH excluding ortho intramolecular Hbond substituents is 1. The summed E-state index contributed by atoms with van der Waals surface area (Å²) in [4.78, 5) is 12.1. The zero-order valence-corrected chi connectivity index (χ0v) is 11.5. The van der Waals surface area contributed by atoms with Gasteiger partial charge in [-0.05, 0) is 43.2 Å². The Bertz CT molecular complexity index is 638. The molecule has 0 aliphatic rings. The predicted octanol–water partition coefficient (Wildman–Crippen LogP) is 3.91. The van der Waals surface area contributed by atoms with Crippen LogP contribution in [0, 0.1) is 13.8 Å². The lowest BCUT2D eigenvalue weighted by Gasteiger charge is -2.09. The summed E-state index contributed by atoms with van der Waals surface area (Å²) in [7, 11) is 0. The lowest BCUT2D eigenvalue weighted by molar-refractivity contribution is 0.102. The molecule has 3 nitrogen and oxygen atoms in total. The molecule has 0 spiro atoms. The van der Waals surface area contributed by atoms with Crippen LogP contribution in [-0.2, 0) is 0 Å². The SMILES string of the molecule is Cc1ccc(NC(=O)c2cccc(Cl)c2C)cc1O. The van der Waals surface area contributed by atoms with Gasteiger partial charge in [0.1, 0.15) is 5.75 Å². The van der Waals surface area contributed by atoms with Gasteiger partial charge < -0.3 is 10.4 Å². The minimum Gasteiger partial charge on any atom is -0.508 e. The van der Waals surface area contributed by atoms with Crippen LogP contribution < -0.4 is 5.32 Å². The molecule has 0 aliphatic carbocycles. The fourth-order valence-corrected chi connectivity index (χ4v) is 1.91. The van der Waals surface area contributed by atoms with Crippen molar-refractivity contribution in [2.24, 2.45) is 0 Å². The zero-order chi connectivity index (χ0) is 14.0. The Morgan fingerprint density at radius 2 is 1.95 bits per heavy atom. The van der Waals surface area contributed by atoms with Crippen LogP contribution in [0.25, 0.3) is 0 Å². The van der Waals surface area contributed by atoms with E-state index in [1.165, 1.54) is 6.07 Å². The monoisotopic (exact) mass is 275 g/mol. The molecule has 0 heterocycles. The van der Waals surface area contributed by atoms with Crippen molar-refractivity contribution in [3.8, 4) is 5.75 Å². The van der Waals surface area contributed by atoms with Crippen LogP contribution in [0.3, 0.4) is 0 Å². The number of amides is 1. The molecule has 2 aromatic carbocycles. The molecule has 4 heteroatoms. The van der Waals surface area contributed by atoms with Gasteiger partial charge in [0.2, 0.25) is 0 Å². The fourth-order valence-electron chi connectivity index (χ4n) is 1.74. The number of rotatable bonds is 2. The van der Waals surface area contributed by atoms with Crippen molar-refractivity contribution in [2.75, 3.05) is 5.32 Å². The van der Waals surface area contributed by atoms with Crippen LogP contribution in [-0.4, -0.2) is 11.0 Å². The third-order valence-corrected chi connectivity index (χ3v) is 3.39. The zero-order valence-electron chi connectivity index (χ0n) is 10.7. The number of carbonyl (C=O) groups excluding carboxylic acids is 1. The van der Waals surface area contributed by atoms with Crippen LogP contribution in [0.15, 0.2) is 36.4 Å². The van der Waals surface area contributed by atoms with Crippen molar-refractivity contribution in [2.45, 2.75) is 13.8 Å². The second-order valence-electron chi connectivity index (χ2n) is 4.37. The molecular weight excluding hydrogens is 262 g/mol. The maximum Gasteiger partial charge on any atom is 0.255 e. The van der Waals surface area contributed by atoms with Gasteiger partial charge in [-0.3, -0.25) is 4.79 Å². The number of aromatic hydroxyl groups is 1. The number of aryl methyl sites for hydroxylation is 1. The average Bonchev–Trinajstić information content (AvgIpc) is 2.37. The van der Waals surface area contributed by atoms with E-state index in [1.54, 1.807) is 44.2 Å². The number of carbonyl (C=O) groups is 1. The van der Waals surface area contributed by atoms with Gasteiger partial charge in [-0.25, -0.2) is 0 Å². The summed E-state index contributed by atoms with van der Waals surface area (Å²) in [6, 6.07) is 10.2. The minimum absolute atomic E-state index is 0.153. The predicted molar refractivity (Wildman–Crippen MR) is 77.0 cm³/mol. The van der Waals surface area contributed by atoms with E-state index < -0.39 is 0 Å². The molecule has 0 aliphatic heterocycles. The number of hydrogen-bond donors (Lipinski definition) is 2. The Morgan fingerprint density at radius 1 is 1.21 bits per heavy atom. The maximum atomic E-state index is 12.1. The topological polar surface area (TPSA) is 49.3 Å². The second-order valence-corrected chi connectivity index (χ2v) is 4.77. The molecule has 0 saturated heterocycles. The maximum absolute atomic E-state index is 12.1. The average molecular weight is 276 g/mol. The van der Waals surface area contributed by atoms with Gasteiger partial charge >= 0.3 is 0 Å². The first-order valence-electron chi connectivity index (χ1n) is 5.85. The highest BCUT2D eigenvalue weighted by Gasteiger charge is 2.11. The van der Waals surface area contributed by atoms with Crippen molar-refractivity contribution < 1.29 is 9.90 Å². The van der Waals surface area contributed by atoms with E-state index in [4.69, 9.17) is 11.6 Å². The van der Waals surface area contributed by atoms with Crippen molar-refractivity contribution in [3.63, 3.8) is 0 Å². The van der Waals surface area contributed by atoms with Gasteiger partial charge in [-0.1, -0.05) is 23.7 Å². The highest BCUT2D eigenvalue weighted by atomic mass is 35.5. The van der Waals surface area contributed by atoms with Crippen LogP contribution in [0.2, 0.25) is 5.02 Å². The largest absolute Gasteiger partial charge is 0.508 e. The first kappa shape index (κ1) is 13.4. The molecule has 0 radical (unpaired) electrons. The first-order valence-corrected chi connectivity index (χ1v) is 6.23. The lowest BCUT2D eigenvalue weighted by atomic mass is 10.1. The summed E-state index contributed by atoms with van der Waals surface area (Å²) < 4.78 is 0. The molecule has 2 rings (SSSR count). The standard InChI is InChI=1S/C15H14ClNO2/c1-9-6-7-11(8-14(9)18)17-15(19)12-4-3-5-13(16)10(12)2/h3-8,18H,1-2H3,(H,17,19). The Morgan fingerprint density at radius 3 is 2.63 bits per heavy atom. The van der Waals surface area contributed by atoms with Crippen LogP contribution in [0.1, 0.15) is 21.5 Å². The number of phenols is 1. The molecule has 19 heavy (non-hydrogen) atoms. The summed E-state index contributed by atoms with van der Waals surface area (Å²) in [5.74, 6) is -0.0936. The molecule has 0 aromatic heterocycles. The number of halogens is 1. The molecule has 0 fully saturated rings. The Hall–Kier alpha value is -2.00. The molecule has 0 saturated carbocycles. The summed E-state index contributed by atoms with van der Waals surface area (Å²) in [6.45, 7) is 3.59. The normalized spacial score (nSPS) is 10.3. The molecule has 2 N–H and O–H groups in total. The fraction of sp³-hybridized carbons (Fsp3) is 0.133. The summed E-state index contributed by atoms with van der Waals surface area (Å²) in [5, 5.41) is 12.9. The third-order valence-electron chi connectivity index (χ3n) is 2.98. The quantitative estimate of drug-likeness (QED) is 0.873. The van der Waals surface area contributed by atoms with Crippen LogP contribution in [0.5, 0.6) is 5.75 Å². The van der Waals surface area contributed by atoms with Crippen LogP contribution >= 0.6 is 11.6 Å². The van der Waals surface area contributed by atoms with Gasteiger partial charge in [-0.15, -0.1) is 0 Å². The third kappa shape index (κ3) is 2.88. The molecule has 0 bridgehead atoms. The van der Waals surface area contributed by atoms with Gasteiger partial charge in [0, 0.05) is 22.3 Å². The van der Waals surface area contributed by atoms with Crippen molar-refractivity contribution in [3.05, 3.63) is 58.1 Å². The van der Waals surface area contributed by atoms with E-state index in [0.29, 0.717) is 16.3 Å². The van der Waals surface area contributed by atoms with E-state index in [-0.39, 0.29) is 11.7 Å². The molecule has 1 amide bonds. The smallest absolute Gasteiger partial charge is 0.255 e. The van der Waals surface area contributed by atoms with Crippen molar-refractivity contribution >= 4 is 23.2 Å². The Kier molecular flexibility index (Phi) is 3.76. The van der Waals surface area contributed by atoms with Gasteiger partial charge in [0.05, 0.1) is 0 Å². The molecular formula is C15H14ClNO2. The van der Waals surface area contributed by atoms with Gasteiger partial charge in [0.25, 0.3) is 5.91 Å². The Balaban J connectivity index is 2.26. The summed E-state index contributed by atoms with van der Waals surface area (Å²) in [6.07, 6.45) is 0. The van der Waals surface area contributed by atoms with E-state index >= 15 is 0 Å². The highest BCUT2D eigenvalue weighted by molar-refractivity contribution is 6.32. The van der Waals surface area contributed by atoms with E-state index in [0.717, 1.165) is 11.1 Å². The molecule has 0 unspecified atom stereocenters. The number of hydrogen-bond acceptors (Lipinski definition) is 2. The molecule has 98 valence electrons. The van der Waals surface area contributed by atoms with Gasteiger partial charge in [-0.2, -0.15) is 0 Å². The summed E-state index contributed by atoms with van der Waals surface area (Å²) >= 11 is 5.99. The van der Waals surface area contributed by atoms with Gasteiger partial charge in [0.15, 0.2) is 0 Å². The number of benzene rings is 2. The molecule has 2 aromatic rings. The number of anilines is 1. The van der Waals surface area contributed by atoms with Crippen molar-refractivity contribution in [1.29, 1.82) is 0 Å². The number of nitrogens with one attached hydrogen (secondary N) is 1. The first-order chi connectivity index (χ1) is 8.99. The minimum atomic E-state index is -0.247. The van der Waals surface area contributed by atoms with E-state index in [9.17, 15) is 9.90 Å². The van der Waals surface area contributed by atoms with E-state index in [1.807, 2.05) is 0 Å². The lowest BCUT2D eigenvalue weighted by Crippen LogP contribution is -2.13.